The normalized spacial score (nSPS) is 18.9. The molecule has 5 nitrogen and oxygen atoms in total. The first-order valence-corrected chi connectivity index (χ1v) is 9.42. The van der Waals surface area contributed by atoms with Gasteiger partial charge < -0.3 is 4.90 Å². The van der Waals surface area contributed by atoms with Crippen molar-refractivity contribution < 1.29 is 8.42 Å². The minimum absolute atomic E-state index is 0.202. The first-order valence-electron chi connectivity index (χ1n) is 6.65. The van der Waals surface area contributed by atoms with Crippen molar-refractivity contribution >= 4 is 38.0 Å². The fourth-order valence-electron chi connectivity index (χ4n) is 2.35. The number of rotatable bonds is 2. The van der Waals surface area contributed by atoms with Gasteiger partial charge in [0.1, 0.15) is 5.52 Å². The molecular formula is C13H17N3O2S2. The van der Waals surface area contributed by atoms with Crippen LogP contribution in [0.5, 0.6) is 0 Å². The lowest BCUT2D eigenvalue weighted by molar-refractivity contribution is 0.585. The van der Waals surface area contributed by atoms with Gasteiger partial charge in [-0.05, 0) is 5.92 Å². The molecule has 3 rings (SSSR count). The summed E-state index contributed by atoms with van der Waals surface area (Å²) >= 11 is 1.59. The summed E-state index contributed by atoms with van der Waals surface area (Å²) in [7, 11) is -2.88. The summed E-state index contributed by atoms with van der Waals surface area (Å²) in [6.45, 7) is 5.19. The lowest BCUT2D eigenvalue weighted by Gasteiger charge is -2.29. The molecular weight excluding hydrogens is 294 g/mol. The van der Waals surface area contributed by atoms with Crippen molar-refractivity contribution in [2.45, 2.75) is 19.8 Å². The Hall–Kier alpha value is -1.21. The second-order valence-electron chi connectivity index (χ2n) is 5.37. The zero-order valence-electron chi connectivity index (χ0n) is 11.5. The van der Waals surface area contributed by atoms with Gasteiger partial charge >= 0.3 is 0 Å². The van der Waals surface area contributed by atoms with Crippen molar-refractivity contribution in [3.63, 3.8) is 0 Å². The van der Waals surface area contributed by atoms with Crippen LogP contribution in [0.25, 0.3) is 11.0 Å². The number of fused-ring (bicyclic) bond motifs is 1. The molecule has 0 amide bonds. The molecule has 0 aliphatic carbocycles. The fraction of sp³-hybridized carbons (Fsp3) is 0.538. The smallest absolute Gasteiger partial charge is 0.153 e. The molecule has 0 N–H and O–H groups in total. The van der Waals surface area contributed by atoms with Crippen molar-refractivity contribution in [2.24, 2.45) is 0 Å². The summed E-state index contributed by atoms with van der Waals surface area (Å²) in [4.78, 5) is 11.5. The number of thiophene rings is 1. The third-order valence-electron chi connectivity index (χ3n) is 3.51. The highest BCUT2D eigenvalue weighted by atomic mass is 32.2. The number of sulfone groups is 1. The van der Waals surface area contributed by atoms with Crippen LogP contribution in [-0.2, 0) is 9.84 Å². The molecule has 1 aliphatic heterocycles. The van der Waals surface area contributed by atoms with Gasteiger partial charge in [-0.1, -0.05) is 13.8 Å². The summed E-state index contributed by atoms with van der Waals surface area (Å²) in [5.74, 6) is 1.52. The maximum atomic E-state index is 11.6. The number of nitrogens with zero attached hydrogens (tertiary/aromatic N) is 3. The molecule has 0 bridgehead atoms. The van der Waals surface area contributed by atoms with Crippen molar-refractivity contribution in [3.05, 3.63) is 16.5 Å². The number of hydrogen-bond donors (Lipinski definition) is 0. The van der Waals surface area contributed by atoms with Gasteiger partial charge in [-0.2, -0.15) is 0 Å². The molecule has 0 saturated carbocycles. The molecule has 108 valence electrons. The Morgan fingerprint density at radius 3 is 2.35 bits per heavy atom. The maximum Gasteiger partial charge on any atom is 0.153 e. The lowest BCUT2D eigenvalue weighted by Crippen LogP contribution is -2.41. The van der Waals surface area contributed by atoms with Crippen LogP contribution in [0.4, 0.5) is 5.82 Å². The van der Waals surface area contributed by atoms with Gasteiger partial charge in [-0.25, -0.2) is 18.4 Å². The van der Waals surface area contributed by atoms with E-state index in [-0.39, 0.29) is 17.4 Å². The summed E-state index contributed by atoms with van der Waals surface area (Å²) in [6, 6.07) is 0. The van der Waals surface area contributed by atoms with E-state index in [9.17, 15) is 8.42 Å². The molecule has 0 radical (unpaired) electrons. The van der Waals surface area contributed by atoms with Crippen molar-refractivity contribution in [3.8, 4) is 0 Å². The molecule has 2 aromatic rings. The van der Waals surface area contributed by atoms with Crippen molar-refractivity contribution in [1.29, 1.82) is 0 Å². The van der Waals surface area contributed by atoms with E-state index < -0.39 is 9.84 Å². The summed E-state index contributed by atoms with van der Waals surface area (Å²) in [6.07, 6.45) is 0. The zero-order valence-corrected chi connectivity index (χ0v) is 13.2. The Morgan fingerprint density at radius 1 is 1.15 bits per heavy atom. The molecule has 0 aromatic carbocycles. The van der Waals surface area contributed by atoms with Gasteiger partial charge in [-0.15, -0.1) is 11.3 Å². The third-order valence-corrected chi connectivity index (χ3v) is 5.84. The van der Waals surface area contributed by atoms with Gasteiger partial charge in [0.2, 0.25) is 0 Å². The molecule has 1 fully saturated rings. The van der Waals surface area contributed by atoms with Crippen LogP contribution in [0.2, 0.25) is 0 Å². The Morgan fingerprint density at radius 2 is 1.75 bits per heavy atom. The summed E-state index contributed by atoms with van der Waals surface area (Å²) < 4.78 is 23.1. The monoisotopic (exact) mass is 311 g/mol. The summed E-state index contributed by atoms with van der Waals surface area (Å²) in [5.41, 5.74) is 2.77. The third kappa shape index (κ3) is 2.52. The molecule has 2 aromatic heterocycles. The lowest BCUT2D eigenvalue weighted by atomic mass is 10.1. The van der Waals surface area contributed by atoms with Gasteiger partial charge in [0, 0.05) is 23.8 Å². The van der Waals surface area contributed by atoms with Crippen LogP contribution in [0.3, 0.4) is 0 Å². The van der Waals surface area contributed by atoms with E-state index in [0.29, 0.717) is 13.1 Å². The van der Waals surface area contributed by atoms with E-state index in [1.807, 2.05) is 10.8 Å². The molecule has 20 heavy (non-hydrogen) atoms. The molecule has 0 atom stereocenters. The average Bonchev–Trinajstić information content (AvgIpc) is 2.84. The highest BCUT2D eigenvalue weighted by molar-refractivity contribution is 7.91. The number of aromatic nitrogens is 2. The predicted octanol–water partition coefficient (Wildman–Crippen LogP) is 2.05. The quantitative estimate of drug-likeness (QED) is 0.849. The Kier molecular flexibility index (Phi) is 3.41. The van der Waals surface area contributed by atoms with Crippen molar-refractivity contribution in [1.82, 2.24) is 9.97 Å². The van der Waals surface area contributed by atoms with E-state index in [2.05, 4.69) is 18.7 Å². The predicted molar refractivity (Wildman–Crippen MR) is 82.4 cm³/mol. The minimum Gasteiger partial charge on any atom is -0.353 e. The molecule has 3 heterocycles. The Balaban J connectivity index is 2.03. The molecule has 7 heteroatoms. The minimum atomic E-state index is -2.88. The topological polar surface area (TPSA) is 63.2 Å². The van der Waals surface area contributed by atoms with Crippen LogP contribution in [0.1, 0.15) is 25.5 Å². The maximum absolute atomic E-state index is 11.6. The van der Waals surface area contributed by atoms with Gasteiger partial charge in [0.05, 0.1) is 22.7 Å². The fourth-order valence-corrected chi connectivity index (χ4v) is 4.22. The number of hydrogen-bond acceptors (Lipinski definition) is 6. The van der Waals surface area contributed by atoms with E-state index >= 15 is 0 Å². The largest absolute Gasteiger partial charge is 0.353 e. The average molecular weight is 311 g/mol. The van der Waals surface area contributed by atoms with Crippen LogP contribution in [0, 0.1) is 0 Å². The highest BCUT2D eigenvalue weighted by Crippen LogP contribution is 2.28. The molecule has 0 spiro atoms. The van der Waals surface area contributed by atoms with E-state index in [4.69, 9.17) is 9.97 Å². The van der Waals surface area contributed by atoms with Gasteiger partial charge in [0.15, 0.2) is 15.7 Å². The summed E-state index contributed by atoms with van der Waals surface area (Å²) in [5, 5.41) is 3.98. The second-order valence-corrected chi connectivity index (χ2v) is 8.42. The van der Waals surface area contributed by atoms with Gasteiger partial charge in [-0.3, -0.25) is 0 Å². The Bertz CT molecular complexity index is 723. The van der Waals surface area contributed by atoms with Gasteiger partial charge in [0.25, 0.3) is 0 Å². The van der Waals surface area contributed by atoms with E-state index in [0.717, 1.165) is 22.5 Å². The SMILES string of the molecule is CC(C)c1nc2cscc2nc1N1CCS(=O)(=O)CC1. The van der Waals surface area contributed by atoms with Crippen LogP contribution in [-0.4, -0.2) is 43.0 Å². The first-order chi connectivity index (χ1) is 9.46. The van der Waals surface area contributed by atoms with E-state index in [1.165, 1.54) is 0 Å². The number of anilines is 1. The molecule has 1 aliphatic rings. The standard InChI is InChI=1S/C13H17N3O2S2/c1-9(2)12-13(15-11-8-19-7-10(11)14-12)16-3-5-20(17,18)6-4-16/h7-9H,3-6H2,1-2H3. The second kappa shape index (κ2) is 4.96. The zero-order chi connectivity index (χ0) is 14.3. The van der Waals surface area contributed by atoms with Crippen LogP contribution < -0.4 is 4.90 Å². The van der Waals surface area contributed by atoms with Crippen molar-refractivity contribution in [2.75, 3.05) is 29.5 Å². The van der Waals surface area contributed by atoms with Crippen LogP contribution in [0.15, 0.2) is 10.8 Å². The Labute approximate surface area is 122 Å². The first kappa shape index (κ1) is 13.8. The van der Waals surface area contributed by atoms with Crippen LogP contribution >= 0.6 is 11.3 Å². The van der Waals surface area contributed by atoms with E-state index in [1.54, 1.807) is 11.3 Å². The molecule has 0 unspecified atom stereocenters. The highest BCUT2D eigenvalue weighted by Gasteiger charge is 2.25. The molecule has 1 saturated heterocycles.